The van der Waals surface area contributed by atoms with Crippen molar-refractivity contribution < 1.29 is 14.3 Å². The largest absolute Gasteiger partial charge is 0.481 e. The summed E-state index contributed by atoms with van der Waals surface area (Å²) in [6.45, 7) is 0.229. The van der Waals surface area contributed by atoms with Gasteiger partial charge in [0.15, 0.2) is 12.4 Å². The van der Waals surface area contributed by atoms with Gasteiger partial charge in [-0.25, -0.2) is 0 Å². The topological polar surface area (TPSA) is 58.6 Å². The lowest BCUT2D eigenvalue weighted by atomic mass is 10.1. The molecule has 0 spiro atoms. The van der Waals surface area contributed by atoms with E-state index in [0.29, 0.717) is 38.1 Å². The van der Waals surface area contributed by atoms with Crippen LogP contribution in [-0.4, -0.2) is 30.4 Å². The Morgan fingerprint density at radius 3 is 2.48 bits per heavy atom. The normalized spacial score (nSPS) is 10.5. The molecule has 2 amide bonds. The number of anilines is 1. The third-order valence-electron chi connectivity index (χ3n) is 4.31. The van der Waals surface area contributed by atoms with Gasteiger partial charge in [-0.05, 0) is 51.8 Å². The van der Waals surface area contributed by atoms with Gasteiger partial charge in [-0.3, -0.25) is 9.59 Å². The molecule has 0 saturated heterocycles. The average Bonchev–Trinajstić information content (AvgIpc) is 2.73. The van der Waals surface area contributed by atoms with E-state index in [9.17, 15) is 9.59 Å². The molecule has 0 aromatic heterocycles. The maximum absolute atomic E-state index is 12.8. The highest BCUT2D eigenvalue weighted by molar-refractivity contribution is 9.10. The van der Waals surface area contributed by atoms with E-state index in [0.717, 1.165) is 5.56 Å². The smallest absolute Gasteiger partial charge is 0.262 e. The minimum absolute atomic E-state index is 0.145. The molecule has 0 saturated carbocycles. The Hall–Kier alpha value is -2.54. The molecular formula is C23H19BrCl2N2O3. The first kappa shape index (κ1) is 23.1. The number of ether oxygens (including phenoxy) is 1. The van der Waals surface area contributed by atoms with Crippen molar-refractivity contribution in [2.24, 2.45) is 0 Å². The van der Waals surface area contributed by atoms with Crippen LogP contribution in [0, 0.1) is 0 Å². The lowest BCUT2D eigenvalue weighted by Crippen LogP contribution is -2.26. The van der Waals surface area contributed by atoms with Gasteiger partial charge in [0.05, 0.1) is 9.50 Å². The number of hydrogen-bond acceptors (Lipinski definition) is 3. The minimum atomic E-state index is -0.389. The Labute approximate surface area is 199 Å². The minimum Gasteiger partial charge on any atom is -0.481 e. The second kappa shape index (κ2) is 10.7. The lowest BCUT2D eigenvalue weighted by Gasteiger charge is -2.18. The number of carbonyl (C=O) groups excluding carboxylic acids is 2. The molecule has 1 N–H and O–H groups in total. The van der Waals surface area contributed by atoms with Gasteiger partial charge >= 0.3 is 0 Å². The van der Waals surface area contributed by atoms with Crippen molar-refractivity contribution in [1.29, 1.82) is 0 Å². The monoisotopic (exact) mass is 520 g/mol. The van der Waals surface area contributed by atoms with Gasteiger partial charge in [-0.15, -0.1) is 0 Å². The standard InChI is InChI=1S/C23H19BrCl2N2O3/c1-28(13-15-6-3-2-4-7-15)23(30)16-8-5-9-18(10-16)27-21(29)14-31-22-19(24)11-17(25)12-20(22)26/h2-12H,13-14H2,1H3,(H,27,29). The number of benzene rings is 3. The van der Waals surface area contributed by atoms with Crippen LogP contribution >= 0.6 is 39.1 Å². The molecule has 0 unspecified atom stereocenters. The lowest BCUT2D eigenvalue weighted by molar-refractivity contribution is -0.118. The summed E-state index contributed by atoms with van der Waals surface area (Å²) in [6.07, 6.45) is 0. The van der Waals surface area contributed by atoms with Crippen LogP contribution in [0.3, 0.4) is 0 Å². The zero-order valence-electron chi connectivity index (χ0n) is 16.6. The van der Waals surface area contributed by atoms with Crippen molar-refractivity contribution >= 4 is 56.6 Å². The molecule has 3 aromatic rings. The van der Waals surface area contributed by atoms with E-state index in [-0.39, 0.29) is 18.4 Å². The Balaban J connectivity index is 1.61. The molecule has 0 bridgehead atoms. The number of amides is 2. The van der Waals surface area contributed by atoms with Gasteiger partial charge in [0, 0.05) is 29.9 Å². The summed E-state index contributed by atoms with van der Waals surface area (Å²) < 4.78 is 6.06. The zero-order valence-corrected chi connectivity index (χ0v) is 19.7. The average molecular weight is 522 g/mol. The summed E-state index contributed by atoms with van der Waals surface area (Å²) in [5.74, 6) is -0.207. The third kappa shape index (κ3) is 6.47. The maximum Gasteiger partial charge on any atom is 0.262 e. The van der Waals surface area contributed by atoms with Crippen molar-refractivity contribution in [2.45, 2.75) is 6.54 Å². The molecule has 8 heteroatoms. The molecule has 0 heterocycles. The first-order valence-corrected chi connectivity index (χ1v) is 10.8. The highest BCUT2D eigenvalue weighted by Gasteiger charge is 2.14. The van der Waals surface area contributed by atoms with Gasteiger partial charge in [-0.2, -0.15) is 0 Å². The van der Waals surface area contributed by atoms with E-state index in [1.54, 1.807) is 42.3 Å². The fraction of sp³-hybridized carbons (Fsp3) is 0.130. The first-order chi connectivity index (χ1) is 14.8. The summed E-state index contributed by atoms with van der Waals surface area (Å²) in [4.78, 5) is 26.7. The van der Waals surface area contributed by atoms with E-state index >= 15 is 0 Å². The number of carbonyl (C=O) groups is 2. The molecule has 0 fully saturated rings. The molecule has 0 aliphatic carbocycles. The van der Waals surface area contributed by atoms with E-state index in [4.69, 9.17) is 27.9 Å². The van der Waals surface area contributed by atoms with E-state index in [1.807, 2.05) is 30.3 Å². The number of halogens is 3. The second-order valence-corrected chi connectivity index (χ2v) is 8.46. The Kier molecular flexibility index (Phi) is 7.96. The fourth-order valence-corrected chi connectivity index (χ4v) is 4.25. The van der Waals surface area contributed by atoms with Gasteiger partial charge in [0.25, 0.3) is 11.8 Å². The van der Waals surface area contributed by atoms with Crippen molar-refractivity contribution in [3.05, 3.63) is 92.4 Å². The zero-order chi connectivity index (χ0) is 22.4. The maximum atomic E-state index is 12.8. The fourth-order valence-electron chi connectivity index (χ4n) is 2.88. The Morgan fingerprint density at radius 2 is 1.77 bits per heavy atom. The van der Waals surface area contributed by atoms with Crippen LogP contribution in [0.2, 0.25) is 10.0 Å². The van der Waals surface area contributed by atoms with Crippen molar-refractivity contribution in [3.63, 3.8) is 0 Å². The summed E-state index contributed by atoms with van der Waals surface area (Å²) in [6, 6.07) is 19.6. The Bertz CT molecular complexity index is 1070. The molecule has 160 valence electrons. The molecule has 5 nitrogen and oxygen atoms in total. The van der Waals surface area contributed by atoms with Crippen LogP contribution in [0.4, 0.5) is 5.69 Å². The van der Waals surface area contributed by atoms with Crippen molar-refractivity contribution in [1.82, 2.24) is 4.90 Å². The van der Waals surface area contributed by atoms with Gasteiger partial charge in [0.2, 0.25) is 0 Å². The summed E-state index contributed by atoms with van der Waals surface area (Å²) in [5.41, 5.74) is 2.00. The molecule has 31 heavy (non-hydrogen) atoms. The van der Waals surface area contributed by atoms with E-state index in [2.05, 4.69) is 21.2 Å². The molecular weight excluding hydrogens is 503 g/mol. The summed E-state index contributed by atoms with van der Waals surface area (Å²) >= 11 is 15.3. The van der Waals surface area contributed by atoms with E-state index in [1.165, 1.54) is 6.07 Å². The van der Waals surface area contributed by atoms with Crippen LogP contribution in [-0.2, 0) is 11.3 Å². The van der Waals surface area contributed by atoms with Crippen molar-refractivity contribution in [3.8, 4) is 5.75 Å². The summed E-state index contributed by atoms with van der Waals surface area (Å²) in [7, 11) is 1.74. The molecule has 3 rings (SSSR count). The Morgan fingerprint density at radius 1 is 1.03 bits per heavy atom. The van der Waals surface area contributed by atoms with Crippen LogP contribution in [0.15, 0.2) is 71.2 Å². The predicted octanol–water partition coefficient (Wildman–Crippen LogP) is 6.05. The molecule has 0 aliphatic rings. The second-order valence-electron chi connectivity index (χ2n) is 6.76. The highest BCUT2D eigenvalue weighted by Crippen LogP contribution is 2.36. The van der Waals surface area contributed by atoms with Crippen molar-refractivity contribution in [2.75, 3.05) is 19.0 Å². The van der Waals surface area contributed by atoms with Crippen LogP contribution in [0.1, 0.15) is 15.9 Å². The number of hydrogen-bond donors (Lipinski definition) is 1. The number of rotatable bonds is 7. The SMILES string of the molecule is CN(Cc1ccccc1)C(=O)c1cccc(NC(=O)COc2c(Cl)cc(Cl)cc2Br)c1. The highest BCUT2D eigenvalue weighted by atomic mass is 79.9. The number of nitrogens with one attached hydrogen (secondary N) is 1. The van der Waals surface area contributed by atoms with Gasteiger partial charge in [0.1, 0.15) is 0 Å². The van der Waals surface area contributed by atoms with Gasteiger partial charge in [-0.1, -0.05) is 59.6 Å². The number of nitrogens with zero attached hydrogens (tertiary/aromatic N) is 1. The molecule has 0 atom stereocenters. The van der Waals surface area contributed by atoms with E-state index < -0.39 is 0 Å². The first-order valence-electron chi connectivity index (χ1n) is 9.30. The third-order valence-corrected chi connectivity index (χ3v) is 5.40. The predicted molar refractivity (Wildman–Crippen MR) is 127 cm³/mol. The quantitative estimate of drug-likeness (QED) is 0.412. The van der Waals surface area contributed by atoms with Crippen LogP contribution in [0.25, 0.3) is 0 Å². The van der Waals surface area contributed by atoms with Crippen LogP contribution in [0.5, 0.6) is 5.75 Å². The van der Waals surface area contributed by atoms with Gasteiger partial charge < -0.3 is 15.0 Å². The molecule has 0 radical (unpaired) electrons. The molecule has 0 aliphatic heterocycles. The summed E-state index contributed by atoms with van der Waals surface area (Å²) in [5, 5.41) is 3.47. The van der Waals surface area contributed by atoms with Crippen LogP contribution < -0.4 is 10.1 Å². The molecule has 3 aromatic carbocycles.